The summed E-state index contributed by atoms with van der Waals surface area (Å²) in [7, 11) is 0. The third kappa shape index (κ3) is 2.18. The number of aliphatic hydroxyl groups is 1. The Morgan fingerprint density at radius 1 is 1.40 bits per heavy atom. The number of carbonyl (C=O) groups excluding carboxylic acids is 1. The summed E-state index contributed by atoms with van der Waals surface area (Å²) in [6.07, 6.45) is 4.02. The van der Waals surface area contributed by atoms with Crippen molar-refractivity contribution in [2.24, 2.45) is 0 Å². The molecule has 0 fully saturated rings. The third-order valence-electron chi connectivity index (χ3n) is 4.62. The first-order chi connectivity index (χ1) is 12.0. The average molecular weight is 336 g/mol. The van der Waals surface area contributed by atoms with E-state index in [2.05, 4.69) is 11.6 Å². The summed E-state index contributed by atoms with van der Waals surface area (Å²) in [4.78, 5) is 29.1. The summed E-state index contributed by atoms with van der Waals surface area (Å²) in [5.41, 5.74) is 2.60. The molecule has 1 N–H and O–H groups in total. The van der Waals surface area contributed by atoms with Crippen LogP contribution in [0.25, 0.3) is 23.5 Å². The zero-order chi connectivity index (χ0) is 17.7. The van der Waals surface area contributed by atoms with Gasteiger partial charge in [-0.2, -0.15) is 0 Å². The van der Waals surface area contributed by atoms with Crippen LogP contribution in [0.15, 0.2) is 29.6 Å². The smallest absolute Gasteiger partial charge is 0.340 e. The first kappa shape index (κ1) is 15.5. The van der Waals surface area contributed by atoms with Gasteiger partial charge in [0.1, 0.15) is 6.61 Å². The van der Waals surface area contributed by atoms with Gasteiger partial charge in [-0.15, -0.1) is 0 Å². The second-order valence-electron chi connectivity index (χ2n) is 6.03. The van der Waals surface area contributed by atoms with Gasteiger partial charge in [0.15, 0.2) is 6.10 Å². The highest BCUT2D eigenvalue weighted by Gasteiger charge is 2.33. The summed E-state index contributed by atoms with van der Waals surface area (Å²) >= 11 is 0. The molecule has 2 aliphatic heterocycles. The van der Waals surface area contributed by atoms with E-state index in [1.54, 1.807) is 16.7 Å². The molecule has 25 heavy (non-hydrogen) atoms. The van der Waals surface area contributed by atoms with Gasteiger partial charge in [-0.3, -0.25) is 4.79 Å². The zero-order valence-corrected chi connectivity index (χ0v) is 13.7. The molecule has 0 saturated heterocycles. The maximum atomic E-state index is 12.8. The highest BCUT2D eigenvalue weighted by Crippen LogP contribution is 2.32. The maximum Gasteiger partial charge on any atom is 0.340 e. The monoisotopic (exact) mass is 336 g/mol. The molecule has 0 aromatic carbocycles. The van der Waals surface area contributed by atoms with Crippen molar-refractivity contribution in [3.8, 4) is 11.4 Å². The Kier molecular flexibility index (Phi) is 3.43. The lowest BCUT2D eigenvalue weighted by molar-refractivity contribution is -0.157. The lowest BCUT2D eigenvalue weighted by Crippen LogP contribution is -2.32. The minimum atomic E-state index is -1.43. The van der Waals surface area contributed by atoms with Crippen LogP contribution in [-0.2, 0) is 22.7 Å². The van der Waals surface area contributed by atoms with Crippen LogP contribution < -0.4 is 16.1 Å². The second-order valence-corrected chi connectivity index (χ2v) is 6.03. The topological polar surface area (TPSA) is 81.4 Å². The van der Waals surface area contributed by atoms with E-state index in [1.165, 1.54) is 0 Å². The van der Waals surface area contributed by atoms with E-state index >= 15 is 0 Å². The molecule has 0 spiro atoms. The average Bonchev–Trinajstić information content (AvgIpc) is 2.96. The lowest BCUT2D eigenvalue weighted by atomic mass is 10.0. The van der Waals surface area contributed by atoms with Gasteiger partial charge in [0.05, 0.1) is 28.8 Å². The molecule has 1 atom stereocenters. The van der Waals surface area contributed by atoms with E-state index in [-0.39, 0.29) is 12.2 Å². The van der Waals surface area contributed by atoms with Crippen LogP contribution in [0.4, 0.5) is 0 Å². The van der Waals surface area contributed by atoms with Crippen LogP contribution in [-0.4, -0.2) is 20.6 Å². The number of rotatable bonds is 1. The molecule has 4 heterocycles. The van der Waals surface area contributed by atoms with Gasteiger partial charge in [0.25, 0.3) is 5.56 Å². The van der Waals surface area contributed by atoms with Crippen molar-refractivity contribution in [2.75, 3.05) is 0 Å². The van der Waals surface area contributed by atoms with Crippen molar-refractivity contribution < 1.29 is 14.6 Å². The van der Waals surface area contributed by atoms with E-state index in [1.807, 2.05) is 25.1 Å². The van der Waals surface area contributed by atoms with Crippen LogP contribution in [0.1, 0.15) is 29.7 Å². The normalized spacial score (nSPS) is 19.3. The Morgan fingerprint density at radius 3 is 2.92 bits per heavy atom. The quantitative estimate of drug-likeness (QED) is 0.639. The SMILES string of the molecule is C=C/C=c1/cc2c(n/c1=C/C)-c1cc3c(c(=O)n1C2)COC(=O)C3O. The molecule has 6 heteroatoms. The number of aromatic nitrogens is 2. The van der Waals surface area contributed by atoms with Gasteiger partial charge in [-0.1, -0.05) is 24.8 Å². The number of nitrogens with zero attached hydrogens (tertiary/aromatic N) is 2. The zero-order valence-electron chi connectivity index (χ0n) is 13.7. The first-order valence-corrected chi connectivity index (χ1v) is 7.96. The number of hydrogen-bond donors (Lipinski definition) is 1. The molecule has 2 aromatic heterocycles. The van der Waals surface area contributed by atoms with Gasteiger partial charge in [-0.05, 0) is 19.1 Å². The van der Waals surface area contributed by atoms with Crippen molar-refractivity contribution >= 4 is 18.1 Å². The van der Waals surface area contributed by atoms with E-state index in [4.69, 9.17) is 4.74 Å². The molecule has 0 aliphatic carbocycles. The van der Waals surface area contributed by atoms with Crippen molar-refractivity contribution in [1.29, 1.82) is 0 Å². The number of cyclic esters (lactones) is 1. The van der Waals surface area contributed by atoms with Gasteiger partial charge in [0.2, 0.25) is 0 Å². The lowest BCUT2D eigenvalue weighted by Gasteiger charge is -2.21. The number of aliphatic hydroxyl groups excluding tert-OH is 1. The molecule has 4 rings (SSSR count). The van der Waals surface area contributed by atoms with Crippen molar-refractivity contribution in [3.63, 3.8) is 0 Å². The Hall–Kier alpha value is -2.99. The van der Waals surface area contributed by atoms with Crippen molar-refractivity contribution in [1.82, 2.24) is 9.55 Å². The minimum absolute atomic E-state index is 0.113. The summed E-state index contributed by atoms with van der Waals surface area (Å²) < 4.78 is 6.49. The maximum absolute atomic E-state index is 12.8. The summed E-state index contributed by atoms with van der Waals surface area (Å²) in [5, 5.41) is 11.8. The Bertz CT molecular complexity index is 1110. The summed E-state index contributed by atoms with van der Waals surface area (Å²) in [5.74, 6) is -0.735. The second kappa shape index (κ2) is 5.53. The highest BCUT2D eigenvalue weighted by molar-refractivity contribution is 5.79. The highest BCUT2D eigenvalue weighted by atomic mass is 16.5. The van der Waals surface area contributed by atoms with E-state index in [0.29, 0.717) is 29.1 Å². The van der Waals surface area contributed by atoms with Crippen LogP contribution >= 0.6 is 0 Å². The van der Waals surface area contributed by atoms with Crippen molar-refractivity contribution in [2.45, 2.75) is 26.2 Å². The number of fused-ring (bicyclic) bond motifs is 4. The van der Waals surface area contributed by atoms with Crippen LogP contribution in [0.2, 0.25) is 0 Å². The van der Waals surface area contributed by atoms with Gasteiger partial charge < -0.3 is 14.4 Å². The Balaban J connectivity index is 2.02. The van der Waals surface area contributed by atoms with Gasteiger partial charge in [0, 0.05) is 16.3 Å². The molecule has 2 aliphatic rings. The van der Waals surface area contributed by atoms with Crippen LogP contribution in [0.5, 0.6) is 0 Å². The van der Waals surface area contributed by atoms with E-state index in [0.717, 1.165) is 16.1 Å². The molecule has 126 valence electrons. The fraction of sp³-hybridized carbons (Fsp3) is 0.211. The molecule has 6 nitrogen and oxygen atoms in total. The molecule has 2 aromatic rings. The predicted molar refractivity (Wildman–Crippen MR) is 91.8 cm³/mol. The number of ether oxygens (including phenoxy) is 1. The molecular weight excluding hydrogens is 320 g/mol. The predicted octanol–water partition coefficient (Wildman–Crippen LogP) is 0.129. The number of pyridine rings is 2. The number of carbonyl (C=O) groups is 1. The molecule has 1 unspecified atom stereocenters. The molecule has 0 amide bonds. The molecular formula is C19H16N2O4. The molecule has 0 saturated carbocycles. The van der Waals surface area contributed by atoms with Crippen LogP contribution in [0.3, 0.4) is 0 Å². The number of hydrogen-bond acceptors (Lipinski definition) is 5. The standard InChI is InChI=1S/C19H16N2O4/c1-3-5-10-6-11-8-21-15(16(11)20-14(10)4-2)7-12-13(18(21)23)9-25-19(24)17(12)22/h3-7,17,22H,1,8-9H2,2H3/b10-5-,14-4+. The van der Waals surface area contributed by atoms with Gasteiger partial charge >= 0.3 is 5.97 Å². The van der Waals surface area contributed by atoms with Gasteiger partial charge in [-0.25, -0.2) is 9.78 Å². The Morgan fingerprint density at radius 2 is 2.20 bits per heavy atom. The van der Waals surface area contributed by atoms with E-state index in [9.17, 15) is 14.7 Å². The number of esters is 1. The summed E-state index contributed by atoms with van der Waals surface area (Å²) in [6.45, 7) is 5.90. The minimum Gasteiger partial charge on any atom is -0.458 e. The molecule has 0 radical (unpaired) electrons. The summed E-state index contributed by atoms with van der Waals surface area (Å²) in [6, 6.07) is 3.67. The largest absolute Gasteiger partial charge is 0.458 e. The van der Waals surface area contributed by atoms with E-state index < -0.39 is 12.1 Å². The third-order valence-corrected chi connectivity index (χ3v) is 4.62. The van der Waals surface area contributed by atoms with Crippen LogP contribution in [0, 0.1) is 0 Å². The fourth-order valence-electron chi connectivity index (χ4n) is 3.39. The fourth-order valence-corrected chi connectivity index (χ4v) is 3.39. The Labute approximate surface area is 143 Å². The number of allylic oxidation sites excluding steroid dienone is 1. The van der Waals surface area contributed by atoms with Crippen molar-refractivity contribution in [3.05, 3.63) is 62.4 Å². The first-order valence-electron chi connectivity index (χ1n) is 7.96. The molecule has 0 bridgehead atoms.